The normalized spacial score (nSPS) is 43.7. The number of esters is 2. The molecule has 3 fully saturated rings. The predicted octanol–water partition coefficient (Wildman–Crippen LogP) is 5.02. The third-order valence-corrected chi connectivity index (χ3v) is 8.50. The van der Waals surface area contributed by atoms with Gasteiger partial charge in [0.05, 0.1) is 5.41 Å². The number of fused-ring (bicyclic) bond motifs is 1. The maximum absolute atomic E-state index is 12.1. The van der Waals surface area contributed by atoms with E-state index in [1.54, 1.807) is 0 Å². The molecule has 1 heterocycles. The van der Waals surface area contributed by atoms with Crippen LogP contribution >= 0.6 is 0 Å². The van der Waals surface area contributed by atoms with E-state index in [0.29, 0.717) is 18.6 Å². The van der Waals surface area contributed by atoms with Gasteiger partial charge in [-0.05, 0) is 50.0 Å². The van der Waals surface area contributed by atoms with Crippen molar-refractivity contribution < 1.29 is 23.8 Å². The smallest absolute Gasteiger partial charge is 0.308 e. The standard InChI is InChI=1S/C25H34O5/c1-9-22(7)13-18-20(29-17(4)27)15(2)25-21(5,6)11-10-12-24(25,30-25)23(18,8)19(14-22)28-16(3)26/h9,19H,1-2,10-14H2,3-8H3/t19-,22+,23-,24-,25-/m0/s1. The summed E-state index contributed by atoms with van der Waals surface area (Å²) >= 11 is 0. The van der Waals surface area contributed by atoms with Gasteiger partial charge in [0.15, 0.2) is 0 Å². The Balaban J connectivity index is 2.01. The average molecular weight is 415 g/mol. The summed E-state index contributed by atoms with van der Waals surface area (Å²) in [4.78, 5) is 24.3. The monoisotopic (exact) mass is 414 g/mol. The zero-order valence-electron chi connectivity index (χ0n) is 19.1. The topological polar surface area (TPSA) is 65.1 Å². The summed E-state index contributed by atoms with van der Waals surface area (Å²) in [6.07, 6.45) is 5.71. The number of carbonyl (C=O) groups excluding carboxylic acids is 2. The van der Waals surface area contributed by atoms with E-state index < -0.39 is 22.7 Å². The second kappa shape index (κ2) is 6.09. The zero-order valence-corrected chi connectivity index (χ0v) is 19.1. The molecule has 0 unspecified atom stereocenters. The van der Waals surface area contributed by atoms with Crippen molar-refractivity contribution in [1.82, 2.24) is 0 Å². The van der Waals surface area contributed by atoms with Crippen LogP contribution in [0, 0.1) is 16.2 Å². The summed E-state index contributed by atoms with van der Waals surface area (Å²) in [7, 11) is 0. The minimum absolute atomic E-state index is 0.178. The summed E-state index contributed by atoms with van der Waals surface area (Å²) in [5, 5.41) is 0. The van der Waals surface area contributed by atoms with Crippen molar-refractivity contribution in [2.24, 2.45) is 16.2 Å². The van der Waals surface area contributed by atoms with Gasteiger partial charge in [-0.1, -0.05) is 33.4 Å². The van der Waals surface area contributed by atoms with Crippen LogP contribution in [-0.2, 0) is 23.8 Å². The predicted molar refractivity (Wildman–Crippen MR) is 113 cm³/mol. The second-order valence-electron chi connectivity index (χ2n) is 10.8. The van der Waals surface area contributed by atoms with Gasteiger partial charge in [0.1, 0.15) is 23.1 Å². The van der Waals surface area contributed by atoms with Crippen molar-refractivity contribution in [3.63, 3.8) is 0 Å². The molecule has 3 aliphatic carbocycles. The lowest BCUT2D eigenvalue weighted by molar-refractivity contribution is -0.161. The Morgan fingerprint density at radius 1 is 1.13 bits per heavy atom. The zero-order chi connectivity index (χ0) is 22.3. The van der Waals surface area contributed by atoms with E-state index in [-0.39, 0.29) is 22.8 Å². The van der Waals surface area contributed by atoms with Gasteiger partial charge in [0, 0.05) is 24.8 Å². The number of ether oxygens (including phenoxy) is 3. The Kier molecular flexibility index (Phi) is 4.34. The molecule has 2 saturated carbocycles. The van der Waals surface area contributed by atoms with Gasteiger partial charge in [-0.15, -0.1) is 6.58 Å². The molecule has 0 bridgehead atoms. The van der Waals surface area contributed by atoms with Gasteiger partial charge in [0.2, 0.25) is 0 Å². The lowest BCUT2D eigenvalue weighted by atomic mass is 9.45. The van der Waals surface area contributed by atoms with Crippen LogP contribution in [0.25, 0.3) is 0 Å². The number of rotatable bonds is 3. The maximum atomic E-state index is 12.1. The highest BCUT2D eigenvalue weighted by molar-refractivity contribution is 5.71. The summed E-state index contributed by atoms with van der Waals surface area (Å²) in [5.41, 5.74) is -0.496. The van der Waals surface area contributed by atoms with Crippen LogP contribution in [0.2, 0.25) is 0 Å². The minimum atomic E-state index is -0.623. The summed E-state index contributed by atoms with van der Waals surface area (Å²) in [5.74, 6) is -0.169. The molecule has 0 aromatic rings. The van der Waals surface area contributed by atoms with Gasteiger partial charge in [-0.2, -0.15) is 0 Å². The van der Waals surface area contributed by atoms with Crippen LogP contribution in [0.4, 0.5) is 0 Å². The van der Waals surface area contributed by atoms with Gasteiger partial charge >= 0.3 is 11.9 Å². The molecule has 4 rings (SSSR count). The molecule has 0 N–H and O–H groups in total. The Bertz CT molecular complexity index is 897. The number of allylic oxidation sites excluding steroid dienone is 1. The lowest BCUT2D eigenvalue weighted by Gasteiger charge is -2.57. The highest BCUT2D eigenvalue weighted by Gasteiger charge is 2.88. The molecule has 0 aromatic carbocycles. The van der Waals surface area contributed by atoms with E-state index in [0.717, 1.165) is 30.4 Å². The largest absolute Gasteiger partial charge is 0.461 e. The Morgan fingerprint density at radius 3 is 2.37 bits per heavy atom. The number of carbonyl (C=O) groups is 2. The molecule has 1 saturated heterocycles. The highest BCUT2D eigenvalue weighted by Crippen LogP contribution is 2.80. The molecular weight excluding hydrogens is 380 g/mol. The Morgan fingerprint density at radius 2 is 1.80 bits per heavy atom. The van der Waals surface area contributed by atoms with E-state index in [9.17, 15) is 9.59 Å². The van der Waals surface area contributed by atoms with Crippen molar-refractivity contribution in [3.8, 4) is 0 Å². The molecule has 5 nitrogen and oxygen atoms in total. The van der Waals surface area contributed by atoms with Crippen LogP contribution in [0.15, 0.2) is 36.1 Å². The van der Waals surface area contributed by atoms with Crippen molar-refractivity contribution >= 4 is 11.9 Å². The van der Waals surface area contributed by atoms with Crippen molar-refractivity contribution in [2.75, 3.05) is 0 Å². The van der Waals surface area contributed by atoms with E-state index in [4.69, 9.17) is 14.2 Å². The van der Waals surface area contributed by atoms with Crippen LogP contribution in [-0.4, -0.2) is 29.2 Å². The number of epoxide rings is 1. The molecular formula is C25H34O5. The fourth-order valence-corrected chi connectivity index (χ4v) is 6.97. The van der Waals surface area contributed by atoms with Crippen LogP contribution in [0.5, 0.6) is 0 Å². The molecule has 0 spiro atoms. The molecule has 0 aromatic heterocycles. The molecule has 164 valence electrons. The van der Waals surface area contributed by atoms with Crippen molar-refractivity contribution in [1.29, 1.82) is 0 Å². The van der Waals surface area contributed by atoms with Crippen LogP contribution in [0.1, 0.15) is 73.6 Å². The first-order chi connectivity index (χ1) is 13.8. The second-order valence-corrected chi connectivity index (χ2v) is 10.8. The van der Waals surface area contributed by atoms with E-state index in [1.165, 1.54) is 13.8 Å². The fraction of sp³-hybridized carbons (Fsp3) is 0.680. The highest BCUT2D eigenvalue weighted by atomic mass is 16.6. The first-order valence-corrected chi connectivity index (χ1v) is 10.9. The van der Waals surface area contributed by atoms with Crippen LogP contribution in [0.3, 0.4) is 0 Å². The van der Waals surface area contributed by atoms with Gasteiger partial charge in [-0.25, -0.2) is 0 Å². The molecule has 30 heavy (non-hydrogen) atoms. The van der Waals surface area contributed by atoms with Crippen molar-refractivity contribution in [3.05, 3.63) is 36.1 Å². The molecule has 0 radical (unpaired) electrons. The van der Waals surface area contributed by atoms with E-state index in [2.05, 4.69) is 40.9 Å². The summed E-state index contributed by atoms with van der Waals surface area (Å²) in [6, 6.07) is 0. The van der Waals surface area contributed by atoms with Gasteiger partial charge in [-0.3, -0.25) is 9.59 Å². The minimum Gasteiger partial charge on any atom is -0.461 e. The van der Waals surface area contributed by atoms with Gasteiger partial charge < -0.3 is 14.2 Å². The van der Waals surface area contributed by atoms with Crippen LogP contribution < -0.4 is 0 Å². The first-order valence-electron chi connectivity index (χ1n) is 10.9. The average Bonchev–Trinajstić information content (AvgIpc) is 3.35. The molecule has 5 atom stereocenters. The summed E-state index contributed by atoms with van der Waals surface area (Å²) < 4.78 is 18.6. The quantitative estimate of drug-likeness (QED) is 0.369. The molecule has 1 aliphatic heterocycles. The Labute approximate surface area is 179 Å². The third-order valence-electron chi connectivity index (χ3n) is 8.50. The SMILES string of the molecule is C=C[C@]1(C)CC2=C(OC(C)=O)C(=C)[C@@]34O[C@@]3(CCCC4(C)C)[C@]2(C)[C@@H](OC(C)=O)C1. The molecule has 5 heteroatoms. The van der Waals surface area contributed by atoms with E-state index in [1.807, 2.05) is 6.08 Å². The molecule has 0 amide bonds. The van der Waals surface area contributed by atoms with Crippen molar-refractivity contribution in [2.45, 2.75) is 91.0 Å². The third kappa shape index (κ3) is 2.33. The summed E-state index contributed by atoms with van der Waals surface area (Å²) in [6.45, 7) is 20.0. The lowest BCUT2D eigenvalue weighted by Crippen LogP contribution is -2.62. The number of hydrogen-bond acceptors (Lipinski definition) is 5. The maximum Gasteiger partial charge on any atom is 0.308 e. The Hall–Kier alpha value is -1.88. The first kappa shape index (κ1) is 21.4. The number of hydrogen-bond donors (Lipinski definition) is 0. The van der Waals surface area contributed by atoms with Gasteiger partial charge in [0.25, 0.3) is 0 Å². The molecule has 4 aliphatic rings. The fourth-order valence-electron chi connectivity index (χ4n) is 6.97. The van der Waals surface area contributed by atoms with E-state index >= 15 is 0 Å².